The molecule has 2 aromatic carbocycles. The van der Waals surface area contributed by atoms with Crippen LogP contribution in [0.15, 0.2) is 48.7 Å². The number of aryl methyl sites for hydroxylation is 1. The fourth-order valence-corrected chi connectivity index (χ4v) is 6.65. The van der Waals surface area contributed by atoms with E-state index in [-0.39, 0.29) is 0 Å². The standard InChI is InChI=1S/C23H29GeN/c1-16(2)22-12-19(11-18-9-7-8-10-21(18)22)23-13-20(14-24(4,5)6)17(3)15-25-23/h7-13,15-16H,14H2,1-6H3. The summed E-state index contributed by atoms with van der Waals surface area (Å²) in [5, 5.41) is 3.92. The van der Waals surface area contributed by atoms with Crippen molar-refractivity contribution < 1.29 is 0 Å². The van der Waals surface area contributed by atoms with Crippen LogP contribution in [0.5, 0.6) is 0 Å². The fraction of sp³-hybridized carbons (Fsp3) is 0.348. The zero-order chi connectivity index (χ0) is 18.2. The molecule has 0 radical (unpaired) electrons. The van der Waals surface area contributed by atoms with E-state index in [0.29, 0.717) is 5.92 Å². The van der Waals surface area contributed by atoms with Gasteiger partial charge < -0.3 is 0 Å². The molecule has 0 aliphatic rings. The molecule has 1 nitrogen and oxygen atoms in total. The maximum absolute atomic E-state index is 4.77. The first-order valence-corrected chi connectivity index (χ1v) is 17.0. The van der Waals surface area contributed by atoms with Crippen molar-refractivity contribution in [1.29, 1.82) is 0 Å². The predicted molar refractivity (Wildman–Crippen MR) is 113 cm³/mol. The molecular weight excluding hydrogens is 363 g/mol. The number of pyridine rings is 1. The zero-order valence-corrected chi connectivity index (χ0v) is 18.4. The van der Waals surface area contributed by atoms with Gasteiger partial charge in [0, 0.05) is 0 Å². The maximum atomic E-state index is 4.77. The van der Waals surface area contributed by atoms with Gasteiger partial charge in [-0.2, -0.15) is 0 Å². The molecule has 3 aromatic rings. The molecular formula is C23H29GeN. The van der Waals surface area contributed by atoms with Crippen molar-refractivity contribution in [3.05, 3.63) is 65.4 Å². The third-order valence-corrected chi connectivity index (χ3v) is 7.77. The molecule has 130 valence electrons. The van der Waals surface area contributed by atoms with E-state index in [9.17, 15) is 0 Å². The summed E-state index contributed by atoms with van der Waals surface area (Å²) in [7, 11) is 0. The Labute approximate surface area is 154 Å². The zero-order valence-electron chi connectivity index (χ0n) is 16.4. The van der Waals surface area contributed by atoms with E-state index in [4.69, 9.17) is 4.98 Å². The van der Waals surface area contributed by atoms with Gasteiger partial charge >= 0.3 is 155 Å². The number of nitrogens with zero attached hydrogens (tertiary/aromatic N) is 1. The number of benzene rings is 2. The van der Waals surface area contributed by atoms with E-state index < -0.39 is 13.3 Å². The van der Waals surface area contributed by atoms with E-state index in [1.54, 1.807) is 0 Å². The number of aromatic nitrogens is 1. The number of hydrogen-bond donors (Lipinski definition) is 0. The molecule has 0 aliphatic heterocycles. The van der Waals surface area contributed by atoms with Crippen LogP contribution in [0.1, 0.15) is 36.5 Å². The third kappa shape index (κ3) is 4.15. The predicted octanol–water partition coefficient (Wildman–Crippen LogP) is 6.75. The summed E-state index contributed by atoms with van der Waals surface area (Å²) in [6.07, 6.45) is 2.06. The molecule has 3 rings (SSSR count). The van der Waals surface area contributed by atoms with Gasteiger partial charge in [-0.25, -0.2) is 0 Å². The minimum absolute atomic E-state index is 0.499. The summed E-state index contributed by atoms with van der Waals surface area (Å²) in [4.78, 5) is 4.77. The SMILES string of the molecule is Cc1cnc(-c2cc(C(C)C)c3ccccc3c2)cc1[CH2][Ge]([CH3])([CH3])[CH3]. The second-order valence-corrected chi connectivity index (χ2v) is 20.2. The quantitative estimate of drug-likeness (QED) is 0.448. The van der Waals surface area contributed by atoms with Gasteiger partial charge in [0.25, 0.3) is 0 Å². The molecule has 0 bridgehead atoms. The van der Waals surface area contributed by atoms with Gasteiger partial charge in [-0.1, -0.05) is 0 Å². The number of rotatable bonds is 4. The van der Waals surface area contributed by atoms with Crippen LogP contribution in [0.4, 0.5) is 0 Å². The molecule has 0 unspecified atom stereocenters. The van der Waals surface area contributed by atoms with E-state index in [1.165, 1.54) is 38.3 Å². The molecule has 0 saturated carbocycles. The van der Waals surface area contributed by atoms with Gasteiger partial charge in [0.15, 0.2) is 0 Å². The average Bonchev–Trinajstić information content (AvgIpc) is 2.54. The number of hydrogen-bond acceptors (Lipinski definition) is 1. The molecule has 2 heteroatoms. The van der Waals surface area contributed by atoms with Crippen molar-refractivity contribution in [3.8, 4) is 11.3 Å². The molecule has 0 fully saturated rings. The Kier molecular flexibility index (Phi) is 5.06. The second kappa shape index (κ2) is 6.95. The van der Waals surface area contributed by atoms with Crippen molar-refractivity contribution in [1.82, 2.24) is 4.98 Å². The molecule has 0 N–H and O–H groups in total. The monoisotopic (exact) mass is 393 g/mol. The van der Waals surface area contributed by atoms with Gasteiger partial charge in [0.1, 0.15) is 0 Å². The third-order valence-electron chi connectivity index (χ3n) is 4.75. The molecule has 0 amide bonds. The van der Waals surface area contributed by atoms with E-state index in [0.717, 1.165) is 5.69 Å². The molecule has 0 aliphatic carbocycles. The van der Waals surface area contributed by atoms with Crippen LogP contribution >= 0.6 is 0 Å². The number of fused-ring (bicyclic) bond motifs is 1. The Bertz CT molecular complexity index is 904. The minimum atomic E-state index is -1.65. The summed E-state index contributed by atoms with van der Waals surface area (Å²) in [5.41, 5.74) is 6.57. The summed E-state index contributed by atoms with van der Waals surface area (Å²) >= 11 is -1.65. The van der Waals surface area contributed by atoms with Gasteiger partial charge in [-0.3, -0.25) is 0 Å². The van der Waals surface area contributed by atoms with Crippen LogP contribution < -0.4 is 0 Å². The van der Waals surface area contributed by atoms with Crippen LogP contribution in [-0.2, 0) is 5.25 Å². The Morgan fingerprint density at radius 2 is 1.72 bits per heavy atom. The average molecular weight is 392 g/mol. The van der Waals surface area contributed by atoms with E-state index in [2.05, 4.69) is 86.7 Å². The Hall–Kier alpha value is -1.61. The van der Waals surface area contributed by atoms with Gasteiger partial charge in [0.2, 0.25) is 0 Å². The van der Waals surface area contributed by atoms with E-state index >= 15 is 0 Å². The van der Waals surface area contributed by atoms with Crippen molar-refractivity contribution in [2.75, 3.05) is 0 Å². The van der Waals surface area contributed by atoms with Crippen LogP contribution in [0.3, 0.4) is 0 Å². The van der Waals surface area contributed by atoms with Gasteiger partial charge in [-0.05, 0) is 0 Å². The fourth-order valence-electron chi connectivity index (χ4n) is 3.45. The first-order valence-electron chi connectivity index (χ1n) is 9.23. The Balaban J connectivity index is 2.15. The van der Waals surface area contributed by atoms with Crippen LogP contribution in [0, 0.1) is 6.92 Å². The van der Waals surface area contributed by atoms with Crippen LogP contribution in [0.2, 0.25) is 17.3 Å². The summed E-state index contributed by atoms with van der Waals surface area (Å²) in [6.45, 7) is 6.74. The second-order valence-electron chi connectivity index (χ2n) is 8.67. The molecule has 1 heterocycles. The van der Waals surface area contributed by atoms with Crippen molar-refractivity contribution in [2.24, 2.45) is 0 Å². The molecule has 0 spiro atoms. The summed E-state index contributed by atoms with van der Waals surface area (Å²) in [5.74, 6) is 7.94. The van der Waals surface area contributed by atoms with Crippen molar-refractivity contribution in [3.63, 3.8) is 0 Å². The molecule has 1 aromatic heterocycles. The first kappa shape index (κ1) is 18.2. The molecule has 0 atom stereocenters. The van der Waals surface area contributed by atoms with Crippen molar-refractivity contribution >= 4 is 24.0 Å². The van der Waals surface area contributed by atoms with Crippen LogP contribution in [0.25, 0.3) is 22.0 Å². The Morgan fingerprint density at radius 1 is 1.00 bits per heavy atom. The first-order chi connectivity index (χ1) is 11.7. The van der Waals surface area contributed by atoms with Crippen LogP contribution in [-0.4, -0.2) is 18.3 Å². The summed E-state index contributed by atoms with van der Waals surface area (Å²) < 4.78 is 0. The topological polar surface area (TPSA) is 12.9 Å². The van der Waals surface area contributed by atoms with E-state index in [1.807, 2.05) is 0 Å². The summed E-state index contributed by atoms with van der Waals surface area (Å²) in [6, 6.07) is 15.7. The molecule has 25 heavy (non-hydrogen) atoms. The Morgan fingerprint density at radius 3 is 2.40 bits per heavy atom. The van der Waals surface area contributed by atoms with Crippen molar-refractivity contribution in [2.45, 2.75) is 49.2 Å². The van der Waals surface area contributed by atoms with Gasteiger partial charge in [-0.15, -0.1) is 0 Å². The normalized spacial score (nSPS) is 12.1. The molecule has 0 saturated heterocycles. The van der Waals surface area contributed by atoms with Gasteiger partial charge in [0.05, 0.1) is 0 Å².